The van der Waals surface area contributed by atoms with Gasteiger partial charge in [-0.1, -0.05) is 13.8 Å². The average Bonchev–Trinajstić information content (AvgIpc) is 2.66. The van der Waals surface area contributed by atoms with Crippen LogP contribution in [0.5, 0.6) is 0 Å². The molecule has 0 spiro atoms. The largest absolute Gasteiger partial charge is 0.479 e. The smallest absolute Gasteiger partial charge is 0.347 e. The van der Waals surface area contributed by atoms with Gasteiger partial charge in [0, 0.05) is 0 Å². The van der Waals surface area contributed by atoms with Crippen molar-refractivity contribution in [1.29, 1.82) is 0 Å². The van der Waals surface area contributed by atoms with Gasteiger partial charge in [-0.2, -0.15) is 0 Å². The normalized spacial score (nSPS) is 15.5. The first-order chi connectivity index (χ1) is 14.2. The molecule has 1 N–H and O–H groups in total. The fraction of sp³-hybridized carbons (Fsp3) is 0.684. The molecule has 0 fully saturated rings. The van der Waals surface area contributed by atoms with Gasteiger partial charge in [0.05, 0.1) is 5.92 Å². The number of aliphatic carboxylic acids is 1. The van der Waals surface area contributed by atoms with Gasteiger partial charge in [-0.25, -0.2) is 24.0 Å². The zero-order valence-corrected chi connectivity index (χ0v) is 18.4. The Labute approximate surface area is 179 Å². The maximum absolute atomic E-state index is 12.0. The Balaban J connectivity index is 4.63. The van der Waals surface area contributed by atoms with Crippen LogP contribution in [0.1, 0.15) is 48.5 Å². The minimum absolute atomic E-state index is 0.462. The Morgan fingerprint density at radius 2 is 0.677 bits per heavy atom. The minimum atomic E-state index is -1.48. The second-order valence-corrected chi connectivity index (χ2v) is 6.89. The zero-order valence-electron chi connectivity index (χ0n) is 18.4. The van der Waals surface area contributed by atoms with Crippen LogP contribution in [0.3, 0.4) is 0 Å². The predicted molar refractivity (Wildman–Crippen MR) is 100 cm³/mol. The van der Waals surface area contributed by atoms with E-state index in [-0.39, 0.29) is 0 Å². The Hall–Kier alpha value is -3.18. The van der Waals surface area contributed by atoms with Crippen molar-refractivity contribution in [2.24, 2.45) is 5.92 Å². The van der Waals surface area contributed by atoms with E-state index in [9.17, 15) is 28.8 Å². The fourth-order valence-electron chi connectivity index (χ4n) is 1.63. The third kappa shape index (κ3) is 9.92. The molecule has 0 amide bonds. The third-order valence-electron chi connectivity index (χ3n) is 3.61. The molecule has 0 saturated carbocycles. The van der Waals surface area contributed by atoms with E-state index in [0.29, 0.717) is 0 Å². The van der Waals surface area contributed by atoms with Gasteiger partial charge in [0.25, 0.3) is 0 Å². The molecule has 12 heteroatoms. The summed E-state index contributed by atoms with van der Waals surface area (Å²) in [6.07, 6.45) is -7.06. The highest BCUT2D eigenvalue weighted by Crippen LogP contribution is 2.08. The van der Waals surface area contributed by atoms with Crippen molar-refractivity contribution >= 4 is 35.8 Å². The molecule has 0 unspecified atom stereocenters. The van der Waals surface area contributed by atoms with Crippen LogP contribution in [0.25, 0.3) is 0 Å². The summed E-state index contributed by atoms with van der Waals surface area (Å²) in [5, 5.41) is 8.69. The maximum atomic E-state index is 12.0. The van der Waals surface area contributed by atoms with E-state index in [1.165, 1.54) is 13.8 Å². The minimum Gasteiger partial charge on any atom is -0.479 e. The van der Waals surface area contributed by atoms with E-state index >= 15 is 0 Å². The first-order valence-corrected chi connectivity index (χ1v) is 9.42. The summed E-state index contributed by atoms with van der Waals surface area (Å²) in [5.41, 5.74) is 0. The van der Waals surface area contributed by atoms with Crippen molar-refractivity contribution in [3.63, 3.8) is 0 Å². The van der Waals surface area contributed by atoms with Crippen LogP contribution >= 0.6 is 0 Å². The van der Waals surface area contributed by atoms with Crippen LogP contribution in [0, 0.1) is 5.92 Å². The lowest BCUT2D eigenvalue weighted by Gasteiger charge is -2.20. The molecule has 0 rings (SSSR count). The number of carboxylic acids is 1. The Bertz CT molecular complexity index is 698. The van der Waals surface area contributed by atoms with Gasteiger partial charge >= 0.3 is 35.8 Å². The maximum Gasteiger partial charge on any atom is 0.347 e. The van der Waals surface area contributed by atoms with Crippen LogP contribution in [0.4, 0.5) is 0 Å². The van der Waals surface area contributed by atoms with Gasteiger partial charge in [-0.15, -0.1) is 0 Å². The van der Waals surface area contributed by atoms with E-state index in [0.717, 1.165) is 20.8 Å². The first kappa shape index (κ1) is 27.8. The van der Waals surface area contributed by atoms with Gasteiger partial charge in [0.1, 0.15) is 0 Å². The molecule has 0 radical (unpaired) electrons. The Kier molecular flexibility index (Phi) is 11.2. The van der Waals surface area contributed by atoms with Gasteiger partial charge in [0.15, 0.2) is 30.5 Å². The second-order valence-electron chi connectivity index (χ2n) is 6.89. The van der Waals surface area contributed by atoms with Crippen LogP contribution < -0.4 is 0 Å². The van der Waals surface area contributed by atoms with Crippen molar-refractivity contribution < 1.29 is 57.6 Å². The Morgan fingerprint density at radius 1 is 0.452 bits per heavy atom. The first-order valence-electron chi connectivity index (χ1n) is 9.42. The summed E-state index contributed by atoms with van der Waals surface area (Å²) in [5.74, 6) is -6.76. The molecule has 0 aliphatic heterocycles. The molecule has 0 aromatic carbocycles. The summed E-state index contributed by atoms with van der Waals surface area (Å²) in [4.78, 5) is 69.7. The van der Waals surface area contributed by atoms with E-state index in [1.54, 1.807) is 13.8 Å². The monoisotopic (exact) mass is 448 g/mol. The molecule has 0 aliphatic carbocycles. The standard InChI is InChI=1S/C19H28O12/c1-8(2)15(22)28-10(4)17(24)30-12(6)19(26)31-13(7)18(25)29-11(5)16(23)27-9(3)14(20)21/h8-13H,1-7H3,(H,20,21)/t9-,10-,11-,12-,13-/m0/s1. The van der Waals surface area contributed by atoms with E-state index < -0.39 is 72.3 Å². The molecule has 0 bridgehead atoms. The molecule has 5 atom stereocenters. The van der Waals surface area contributed by atoms with Gasteiger partial charge in [-0.05, 0) is 34.6 Å². The SMILES string of the molecule is CC(C)C(=O)O[C@@H](C)C(=O)O[C@@H](C)C(=O)O[C@@H](C)C(=O)O[C@@H](C)C(=O)O[C@@H](C)C(=O)O. The summed E-state index contributed by atoms with van der Waals surface area (Å²) < 4.78 is 23.9. The molecule has 0 aromatic rings. The lowest BCUT2D eigenvalue weighted by atomic mass is 10.2. The number of carbonyl (C=O) groups excluding carboxylic acids is 5. The van der Waals surface area contributed by atoms with Crippen LogP contribution in [0.15, 0.2) is 0 Å². The summed E-state index contributed by atoms with van der Waals surface area (Å²) in [6, 6.07) is 0. The molecule has 0 heterocycles. The topological polar surface area (TPSA) is 169 Å². The number of carboxylic acid groups (broad SMARTS) is 1. The van der Waals surface area contributed by atoms with Crippen LogP contribution in [0.2, 0.25) is 0 Å². The molecular formula is C19H28O12. The number of ether oxygens (including phenoxy) is 5. The van der Waals surface area contributed by atoms with Crippen LogP contribution in [-0.4, -0.2) is 71.4 Å². The summed E-state index contributed by atoms with van der Waals surface area (Å²) in [7, 11) is 0. The number of carbonyl (C=O) groups is 6. The molecule has 0 saturated heterocycles. The number of hydrogen-bond donors (Lipinski definition) is 1. The quantitative estimate of drug-likeness (QED) is 0.341. The van der Waals surface area contributed by atoms with E-state index in [1.807, 2.05) is 0 Å². The third-order valence-corrected chi connectivity index (χ3v) is 3.61. The fourth-order valence-corrected chi connectivity index (χ4v) is 1.63. The highest BCUT2D eigenvalue weighted by atomic mass is 16.6. The zero-order chi connectivity index (χ0) is 24.5. The van der Waals surface area contributed by atoms with Crippen LogP contribution in [-0.2, 0) is 52.5 Å². The van der Waals surface area contributed by atoms with Crippen molar-refractivity contribution in [3.05, 3.63) is 0 Å². The predicted octanol–water partition coefficient (Wildman–Crippen LogP) is 0.386. The van der Waals surface area contributed by atoms with Gasteiger partial charge < -0.3 is 28.8 Å². The highest BCUT2D eigenvalue weighted by molar-refractivity contribution is 5.86. The van der Waals surface area contributed by atoms with Crippen molar-refractivity contribution in [3.8, 4) is 0 Å². The molecule has 176 valence electrons. The molecule has 12 nitrogen and oxygen atoms in total. The van der Waals surface area contributed by atoms with Gasteiger partial charge in [-0.3, -0.25) is 4.79 Å². The van der Waals surface area contributed by atoms with E-state index in [4.69, 9.17) is 24.1 Å². The highest BCUT2D eigenvalue weighted by Gasteiger charge is 2.31. The molecule has 31 heavy (non-hydrogen) atoms. The Morgan fingerprint density at radius 3 is 0.903 bits per heavy atom. The summed E-state index contributed by atoms with van der Waals surface area (Å²) >= 11 is 0. The van der Waals surface area contributed by atoms with Crippen molar-refractivity contribution in [2.75, 3.05) is 0 Å². The van der Waals surface area contributed by atoms with Gasteiger partial charge in [0.2, 0.25) is 0 Å². The van der Waals surface area contributed by atoms with Crippen molar-refractivity contribution in [1.82, 2.24) is 0 Å². The summed E-state index contributed by atoms with van der Waals surface area (Å²) in [6.45, 7) is 9.02. The number of rotatable bonds is 11. The lowest BCUT2D eigenvalue weighted by molar-refractivity contribution is -0.186. The van der Waals surface area contributed by atoms with Crippen molar-refractivity contribution in [2.45, 2.75) is 79.0 Å². The average molecular weight is 448 g/mol. The molecule has 0 aliphatic rings. The molecule has 0 aromatic heterocycles. The lowest BCUT2D eigenvalue weighted by Crippen LogP contribution is -2.38. The number of esters is 5. The van der Waals surface area contributed by atoms with E-state index in [2.05, 4.69) is 4.74 Å². The number of hydrogen-bond acceptors (Lipinski definition) is 11. The second kappa shape index (κ2) is 12.5. The molecular weight excluding hydrogens is 420 g/mol.